The van der Waals surface area contributed by atoms with Crippen LogP contribution < -0.4 is 10.2 Å². The number of nitrogens with one attached hydrogen (secondary N) is 1. The molecule has 6 nitrogen and oxygen atoms in total. The molecule has 1 aliphatic rings. The van der Waals surface area contributed by atoms with E-state index in [4.69, 9.17) is 10.2 Å². The third-order valence-electron chi connectivity index (χ3n) is 3.94. The first kappa shape index (κ1) is 18.9. The van der Waals surface area contributed by atoms with E-state index in [0.29, 0.717) is 30.1 Å². The van der Waals surface area contributed by atoms with Crippen LogP contribution in [0.1, 0.15) is 13.8 Å². The SMILES string of the molecule is CCN(CCO)c1ccc(N=C2C=C(C)C(=O)C=C2NCCO)cc1. The zero-order chi connectivity index (χ0) is 18.2. The van der Waals surface area contributed by atoms with Gasteiger partial charge in [-0.2, -0.15) is 0 Å². The van der Waals surface area contributed by atoms with Gasteiger partial charge in [0.2, 0.25) is 0 Å². The molecule has 0 spiro atoms. The first-order chi connectivity index (χ1) is 12.1. The summed E-state index contributed by atoms with van der Waals surface area (Å²) in [5.74, 6) is -0.0580. The smallest absolute Gasteiger partial charge is 0.183 e. The first-order valence-corrected chi connectivity index (χ1v) is 8.43. The molecule has 6 heteroatoms. The second-order valence-electron chi connectivity index (χ2n) is 5.72. The summed E-state index contributed by atoms with van der Waals surface area (Å²) in [5.41, 5.74) is 3.71. The van der Waals surface area contributed by atoms with E-state index < -0.39 is 0 Å². The lowest BCUT2D eigenvalue weighted by molar-refractivity contribution is -0.111. The van der Waals surface area contributed by atoms with Gasteiger partial charge in [-0.15, -0.1) is 0 Å². The second kappa shape index (κ2) is 9.15. The van der Waals surface area contributed by atoms with Crippen LogP contribution in [-0.2, 0) is 4.79 Å². The van der Waals surface area contributed by atoms with Gasteiger partial charge in [-0.25, -0.2) is 4.99 Å². The van der Waals surface area contributed by atoms with E-state index in [1.54, 1.807) is 13.0 Å². The van der Waals surface area contributed by atoms with Crippen molar-refractivity contribution in [3.05, 3.63) is 47.7 Å². The third-order valence-corrected chi connectivity index (χ3v) is 3.94. The summed E-state index contributed by atoms with van der Waals surface area (Å²) in [6.45, 7) is 5.66. The number of hydrogen-bond donors (Lipinski definition) is 3. The zero-order valence-electron chi connectivity index (χ0n) is 14.7. The maximum absolute atomic E-state index is 11.9. The van der Waals surface area contributed by atoms with Crippen molar-refractivity contribution in [1.29, 1.82) is 0 Å². The van der Waals surface area contributed by atoms with Crippen molar-refractivity contribution < 1.29 is 15.0 Å². The second-order valence-corrected chi connectivity index (χ2v) is 5.72. The molecule has 0 fully saturated rings. The number of hydrogen-bond acceptors (Lipinski definition) is 6. The molecule has 2 rings (SSSR count). The van der Waals surface area contributed by atoms with Crippen LogP contribution in [0, 0.1) is 0 Å². The van der Waals surface area contributed by atoms with Crippen LogP contribution in [0.25, 0.3) is 0 Å². The predicted octanol–water partition coefficient (Wildman–Crippen LogP) is 1.57. The van der Waals surface area contributed by atoms with Gasteiger partial charge in [0.05, 0.1) is 30.3 Å². The van der Waals surface area contributed by atoms with Gasteiger partial charge in [0, 0.05) is 31.4 Å². The Labute approximate surface area is 148 Å². The van der Waals surface area contributed by atoms with Crippen LogP contribution in [-0.4, -0.2) is 54.6 Å². The Morgan fingerprint density at radius 2 is 1.84 bits per heavy atom. The Balaban J connectivity index is 2.24. The molecule has 0 saturated heterocycles. The van der Waals surface area contributed by atoms with E-state index in [-0.39, 0.29) is 19.0 Å². The van der Waals surface area contributed by atoms with E-state index in [2.05, 4.69) is 15.2 Å². The number of rotatable bonds is 8. The highest BCUT2D eigenvalue weighted by atomic mass is 16.3. The average Bonchev–Trinajstić information content (AvgIpc) is 2.62. The molecule has 0 aromatic heterocycles. The van der Waals surface area contributed by atoms with Crippen molar-refractivity contribution in [3.63, 3.8) is 0 Å². The number of aliphatic hydroxyl groups excluding tert-OH is 2. The van der Waals surface area contributed by atoms with E-state index in [0.717, 1.165) is 17.9 Å². The van der Waals surface area contributed by atoms with E-state index in [9.17, 15) is 4.79 Å². The molecule has 134 valence electrons. The zero-order valence-corrected chi connectivity index (χ0v) is 14.7. The molecule has 1 aromatic carbocycles. The molecule has 0 saturated carbocycles. The van der Waals surface area contributed by atoms with Crippen molar-refractivity contribution in [2.75, 3.05) is 37.7 Å². The highest BCUT2D eigenvalue weighted by molar-refractivity contribution is 6.22. The highest BCUT2D eigenvalue weighted by Crippen LogP contribution is 2.22. The predicted molar refractivity (Wildman–Crippen MR) is 100 cm³/mol. The molecule has 0 bridgehead atoms. The minimum atomic E-state index is -0.0580. The molecule has 0 atom stereocenters. The lowest BCUT2D eigenvalue weighted by Crippen LogP contribution is -2.26. The Morgan fingerprint density at radius 3 is 2.44 bits per heavy atom. The van der Waals surface area contributed by atoms with Gasteiger partial charge in [0.15, 0.2) is 5.78 Å². The molecule has 1 aliphatic carbocycles. The van der Waals surface area contributed by atoms with Crippen molar-refractivity contribution in [2.24, 2.45) is 4.99 Å². The Bertz CT molecular complexity index is 690. The van der Waals surface area contributed by atoms with Crippen LogP contribution >= 0.6 is 0 Å². The van der Waals surface area contributed by atoms with Gasteiger partial charge in [0.1, 0.15) is 0 Å². The summed E-state index contributed by atoms with van der Waals surface area (Å²) in [7, 11) is 0. The number of aliphatic imine (C=N–C) groups is 1. The Morgan fingerprint density at radius 1 is 1.12 bits per heavy atom. The number of benzene rings is 1. The largest absolute Gasteiger partial charge is 0.395 e. The summed E-state index contributed by atoms with van der Waals surface area (Å²) in [6.07, 6.45) is 3.26. The van der Waals surface area contributed by atoms with Crippen molar-refractivity contribution in [3.8, 4) is 0 Å². The van der Waals surface area contributed by atoms with E-state index in [1.165, 1.54) is 6.08 Å². The quantitative estimate of drug-likeness (QED) is 0.624. The first-order valence-electron chi connectivity index (χ1n) is 8.43. The van der Waals surface area contributed by atoms with Gasteiger partial charge in [-0.1, -0.05) is 0 Å². The summed E-state index contributed by atoms with van der Waals surface area (Å²) in [4.78, 5) is 18.5. The fourth-order valence-electron chi connectivity index (χ4n) is 2.57. The maximum Gasteiger partial charge on any atom is 0.183 e. The van der Waals surface area contributed by atoms with Crippen LogP contribution in [0.3, 0.4) is 0 Å². The Hall–Kier alpha value is -2.44. The Kier molecular flexibility index (Phi) is 6.91. The third kappa shape index (κ3) is 5.01. The van der Waals surface area contributed by atoms with Gasteiger partial charge < -0.3 is 20.4 Å². The number of nitrogens with zero attached hydrogens (tertiary/aromatic N) is 2. The number of likely N-dealkylation sites (N-methyl/N-ethyl adjacent to an activating group) is 1. The molecular formula is C19H25N3O3. The summed E-state index contributed by atoms with van der Waals surface area (Å²) < 4.78 is 0. The molecule has 0 radical (unpaired) electrons. The monoisotopic (exact) mass is 343 g/mol. The van der Waals surface area contributed by atoms with Gasteiger partial charge in [0.25, 0.3) is 0 Å². The van der Waals surface area contributed by atoms with Gasteiger partial charge in [-0.05, 0) is 49.8 Å². The molecule has 25 heavy (non-hydrogen) atoms. The number of anilines is 1. The van der Waals surface area contributed by atoms with E-state index in [1.807, 2.05) is 31.2 Å². The van der Waals surface area contributed by atoms with Crippen molar-refractivity contribution >= 4 is 22.9 Å². The van der Waals surface area contributed by atoms with Gasteiger partial charge in [-0.3, -0.25) is 4.79 Å². The average molecular weight is 343 g/mol. The van der Waals surface area contributed by atoms with Crippen LogP contribution in [0.15, 0.2) is 52.7 Å². The summed E-state index contributed by atoms with van der Waals surface area (Å²) in [6, 6.07) is 7.75. The minimum absolute atomic E-state index is 0.0199. The highest BCUT2D eigenvalue weighted by Gasteiger charge is 2.15. The van der Waals surface area contributed by atoms with Crippen molar-refractivity contribution in [1.82, 2.24) is 5.32 Å². The molecular weight excluding hydrogens is 318 g/mol. The number of carbonyl (C=O) groups excluding carboxylic acids is 1. The fourth-order valence-corrected chi connectivity index (χ4v) is 2.57. The van der Waals surface area contributed by atoms with Crippen LogP contribution in [0.5, 0.6) is 0 Å². The number of ketones is 1. The summed E-state index contributed by atoms with van der Waals surface area (Å²) >= 11 is 0. The molecule has 0 amide bonds. The molecule has 3 N–H and O–H groups in total. The number of allylic oxidation sites excluding steroid dienone is 3. The minimum Gasteiger partial charge on any atom is -0.395 e. The fraction of sp³-hybridized carbons (Fsp3) is 0.368. The lowest BCUT2D eigenvalue weighted by Gasteiger charge is -2.22. The maximum atomic E-state index is 11.9. The normalized spacial score (nSPS) is 15.8. The number of carbonyl (C=O) groups is 1. The van der Waals surface area contributed by atoms with Gasteiger partial charge >= 0.3 is 0 Å². The van der Waals surface area contributed by atoms with Crippen LogP contribution in [0.4, 0.5) is 11.4 Å². The molecule has 1 aromatic rings. The molecule has 0 unspecified atom stereocenters. The van der Waals surface area contributed by atoms with E-state index >= 15 is 0 Å². The number of aliphatic hydroxyl groups is 2. The molecule has 0 heterocycles. The van der Waals surface area contributed by atoms with Crippen LogP contribution in [0.2, 0.25) is 0 Å². The molecule has 0 aliphatic heterocycles. The standard InChI is InChI=1S/C19H25N3O3/c1-3-22(9-11-24)16-6-4-15(5-7-16)21-18-12-14(2)19(25)13-17(18)20-8-10-23/h4-7,12-13,20,23-24H,3,8-11H2,1-2H3. The van der Waals surface area contributed by atoms with Crippen molar-refractivity contribution in [2.45, 2.75) is 13.8 Å². The summed E-state index contributed by atoms with van der Waals surface area (Å²) in [5, 5.41) is 21.1. The lowest BCUT2D eigenvalue weighted by atomic mass is 10.0. The topological polar surface area (TPSA) is 85.2 Å².